The van der Waals surface area contributed by atoms with Crippen LogP contribution in [0.3, 0.4) is 0 Å². The molecule has 1 aliphatic heterocycles. The summed E-state index contributed by atoms with van der Waals surface area (Å²) in [7, 11) is 0. The number of fused-ring (bicyclic) bond motifs is 1. The number of pyridine rings is 1. The molecule has 10 heteroatoms. The van der Waals surface area contributed by atoms with Gasteiger partial charge in [0, 0.05) is 50.1 Å². The number of hydrogen-bond acceptors (Lipinski definition) is 5. The molecule has 0 radical (unpaired) electrons. The van der Waals surface area contributed by atoms with Crippen LogP contribution in [0.4, 0.5) is 23.4 Å². The van der Waals surface area contributed by atoms with Crippen LogP contribution in [0.2, 0.25) is 0 Å². The first-order valence-corrected chi connectivity index (χ1v) is 10.2. The van der Waals surface area contributed by atoms with E-state index in [-0.39, 0.29) is 12.5 Å². The van der Waals surface area contributed by atoms with E-state index in [9.17, 15) is 17.6 Å². The van der Waals surface area contributed by atoms with Gasteiger partial charge in [0.25, 0.3) is 0 Å². The molecule has 3 atom stereocenters. The third kappa shape index (κ3) is 3.84. The smallest absolute Gasteiger partial charge is 0.402 e. The van der Waals surface area contributed by atoms with Crippen LogP contribution in [0.5, 0.6) is 5.75 Å². The van der Waals surface area contributed by atoms with E-state index in [1.54, 1.807) is 0 Å². The lowest BCUT2D eigenvalue weighted by Crippen LogP contribution is -2.27. The number of alkyl halides is 4. The molecule has 1 unspecified atom stereocenters. The Kier molecular flexibility index (Phi) is 4.64. The van der Waals surface area contributed by atoms with Crippen LogP contribution >= 0.6 is 0 Å². The molecule has 3 fully saturated rings. The van der Waals surface area contributed by atoms with Crippen molar-refractivity contribution in [3.05, 3.63) is 24.3 Å². The maximum absolute atomic E-state index is 12.7. The van der Waals surface area contributed by atoms with Crippen molar-refractivity contribution in [2.45, 2.75) is 31.7 Å². The Morgan fingerprint density at radius 3 is 2.57 bits per heavy atom. The van der Waals surface area contributed by atoms with Crippen LogP contribution < -0.4 is 10.5 Å². The van der Waals surface area contributed by atoms with E-state index < -0.39 is 12.1 Å². The Morgan fingerprint density at radius 1 is 1.20 bits per heavy atom. The predicted octanol–water partition coefficient (Wildman–Crippen LogP) is 3.45. The summed E-state index contributed by atoms with van der Waals surface area (Å²) in [6, 6.07) is 1.56. The van der Waals surface area contributed by atoms with Crippen LogP contribution in [-0.2, 0) is 6.42 Å². The number of anilines is 1. The largest absolute Gasteiger partial charge is 0.573 e. The molecule has 2 aromatic rings. The highest BCUT2D eigenvalue weighted by molar-refractivity contribution is 5.64. The first-order valence-electron chi connectivity index (χ1n) is 10.2. The highest BCUT2D eigenvalue weighted by atomic mass is 19.4. The molecule has 3 aliphatic rings. The van der Waals surface area contributed by atoms with Crippen molar-refractivity contribution in [2.24, 2.45) is 17.8 Å². The summed E-state index contributed by atoms with van der Waals surface area (Å²) in [4.78, 5) is 10.8. The summed E-state index contributed by atoms with van der Waals surface area (Å²) in [6.07, 6.45) is 1.70. The van der Waals surface area contributed by atoms with E-state index in [1.165, 1.54) is 25.1 Å². The van der Waals surface area contributed by atoms with E-state index in [4.69, 9.17) is 10.7 Å². The monoisotopic (exact) mass is 425 g/mol. The van der Waals surface area contributed by atoms with Gasteiger partial charge in [-0.05, 0) is 36.7 Å². The summed E-state index contributed by atoms with van der Waals surface area (Å²) in [5.74, 6) is 1.69. The summed E-state index contributed by atoms with van der Waals surface area (Å²) in [5.41, 5.74) is 6.55. The van der Waals surface area contributed by atoms with E-state index in [1.807, 2.05) is 6.20 Å². The standard InChI is InChI=1S/C20H23F4N5O/c21-3-4-28-8-13-14(9-28)18(13)29-10-15(27-17(29)5-11-1-2-11)12-6-16(19(25)26-7-12)30-20(22,23)24/h6-7,10-11,13-14,18H,1-5,8-9H2,(H2,25,26)/t13-,14+,18?. The number of nitrogens with zero attached hydrogens (tertiary/aromatic N) is 4. The molecule has 5 rings (SSSR count). The number of aromatic nitrogens is 3. The van der Waals surface area contributed by atoms with Crippen molar-refractivity contribution >= 4 is 5.82 Å². The number of nitrogen functional groups attached to an aromatic ring is 1. The predicted molar refractivity (Wildman–Crippen MR) is 101 cm³/mol. The Labute approximate surface area is 171 Å². The molecule has 2 aliphatic carbocycles. The zero-order chi connectivity index (χ0) is 21.0. The lowest BCUT2D eigenvalue weighted by atomic mass is 10.2. The number of halogens is 4. The lowest BCUT2D eigenvalue weighted by molar-refractivity contribution is -0.274. The number of piperidine rings is 1. The molecule has 162 valence electrons. The molecule has 6 nitrogen and oxygen atoms in total. The highest BCUT2D eigenvalue weighted by Gasteiger charge is 2.57. The molecule has 1 saturated heterocycles. The molecule has 2 saturated carbocycles. The van der Waals surface area contributed by atoms with Crippen LogP contribution in [0.15, 0.2) is 18.5 Å². The highest BCUT2D eigenvalue weighted by Crippen LogP contribution is 2.56. The van der Waals surface area contributed by atoms with Crippen LogP contribution in [0.25, 0.3) is 11.3 Å². The Bertz CT molecular complexity index is 930. The number of likely N-dealkylation sites (tertiary alicyclic amines) is 1. The number of imidazole rings is 1. The van der Waals surface area contributed by atoms with Gasteiger partial charge in [-0.1, -0.05) is 0 Å². The second-order valence-corrected chi connectivity index (χ2v) is 8.52. The van der Waals surface area contributed by atoms with Crippen molar-refractivity contribution in [3.8, 4) is 17.0 Å². The van der Waals surface area contributed by atoms with Gasteiger partial charge in [-0.15, -0.1) is 13.2 Å². The van der Waals surface area contributed by atoms with Gasteiger partial charge in [-0.3, -0.25) is 0 Å². The third-order valence-electron chi connectivity index (χ3n) is 6.33. The van der Waals surface area contributed by atoms with E-state index in [2.05, 4.69) is 19.2 Å². The Morgan fingerprint density at radius 2 is 1.93 bits per heavy atom. The first-order chi connectivity index (χ1) is 14.3. The number of ether oxygens (including phenoxy) is 1. The average molecular weight is 425 g/mol. The minimum atomic E-state index is -4.85. The number of rotatable bonds is 7. The van der Waals surface area contributed by atoms with Gasteiger partial charge in [0.15, 0.2) is 11.6 Å². The van der Waals surface area contributed by atoms with Gasteiger partial charge in [0.1, 0.15) is 12.5 Å². The van der Waals surface area contributed by atoms with Gasteiger partial charge < -0.3 is 19.9 Å². The Balaban J connectivity index is 1.41. The van der Waals surface area contributed by atoms with Crippen molar-refractivity contribution in [1.29, 1.82) is 0 Å². The molecule has 30 heavy (non-hydrogen) atoms. The zero-order valence-corrected chi connectivity index (χ0v) is 16.3. The fraction of sp³-hybridized carbons (Fsp3) is 0.600. The zero-order valence-electron chi connectivity index (χ0n) is 16.3. The van der Waals surface area contributed by atoms with Crippen LogP contribution in [0, 0.1) is 17.8 Å². The van der Waals surface area contributed by atoms with Gasteiger partial charge in [-0.2, -0.15) is 0 Å². The van der Waals surface area contributed by atoms with Crippen molar-refractivity contribution in [2.75, 3.05) is 32.0 Å². The summed E-state index contributed by atoms with van der Waals surface area (Å²) in [5, 5.41) is 0. The van der Waals surface area contributed by atoms with Gasteiger partial charge in [0.2, 0.25) is 0 Å². The van der Waals surface area contributed by atoms with Gasteiger partial charge in [-0.25, -0.2) is 14.4 Å². The summed E-state index contributed by atoms with van der Waals surface area (Å²) < 4.78 is 56.8. The van der Waals surface area contributed by atoms with E-state index in [0.29, 0.717) is 41.6 Å². The Hall–Kier alpha value is -2.36. The molecule has 3 heterocycles. The number of hydrogen-bond donors (Lipinski definition) is 1. The topological polar surface area (TPSA) is 69.2 Å². The van der Waals surface area contributed by atoms with Crippen LogP contribution in [0.1, 0.15) is 24.7 Å². The maximum Gasteiger partial charge on any atom is 0.573 e. The quantitative estimate of drug-likeness (QED) is 0.689. The summed E-state index contributed by atoms with van der Waals surface area (Å²) >= 11 is 0. The fourth-order valence-electron chi connectivity index (χ4n) is 4.66. The van der Waals surface area contributed by atoms with Crippen LogP contribution in [-0.4, -0.2) is 52.1 Å². The molecular weight excluding hydrogens is 402 g/mol. The normalized spacial score (nSPS) is 26.1. The molecule has 0 aromatic carbocycles. The molecule has 0 spiro atoms. The molecule has 0 bridgehead atoms. The van der Waals surface area contributed by atoms with E-state index >= 15 is 0 Å². The molecule has 0 amide bonds. The van der Waals surface area contributed by atoms with Crippen molar-refractivity contribution < 1.29 is 22.3 Å². The number of nitrogens with two attached hydrogens (primary N) is 1. The molecule has 2 N–H and O–H groups in total. The lowest BCUT2D eigenvalue weighted by Gasteiger charge is -2.18. The van der Waals surface area contributed by atoms with Gasteiger partial charge in [0.05, 0.1) is 5.69 Å². The first kappa shape index (κ1) is 19.6. The average Bonchev–Trinajstić information content (AvgIpc) is 3.51. The van der Waals surface area contributed by atoms with E-state index in [0.717, 1.165) is 25.3 Å². The minimum absolute atomic E-state index is 0.321. The van der Waals surface area contributed by atoms with Crippen molar-refractivity contribution in [1.82, 2.24) is 19.4 Å². The molecule has 2 aromatic heterocycles. The second-order valence-electron chi connectivity index (χ2n) is 8.52. The fourth-order valence-corrected chi connectivity index (χ4v) is 4.66. The second kappa shape index (κ2) is 7.11. The SMILES string of the molecule is Nc1ncc(-c2cn(C3[C@H]4CN(CCF)C[C@@H]34)c(CC3CC3)n2)cc1OC(F)(F)F. The van der Waals surface area contributed by atoms with Crippen molar-refractivity contribution in [3.63, 3.8) is 0 Å². The minimum Gasteiger partial charge on any atom is -0.402 e. The van der Waals surface area contributed by atoms with Gasteiger partial charge >= 0.3 is 6.36 Å². The molecular formula is C20H23F4N5O. The third-order valence-corrected chi connectivity index (χ3v) is 6.33. The summed E-state index contributed by atoms with van der Waals surface area (Å²) in [6.45, 7) is 1.90. The maximum atomic E-state index is 12.7.